The van der Waals surface area contributed by atoms with Crippen molar-refractivity contribution in [3.63, 3.8) is 0 Å². The van der Waals surface area contributed by atoms with Crippen molar-refractivity contribution in [1.29, 1.82) is 5.26 Å². The summed E-state index contributed by atoms with van der Waals surface area (Å²) in [6, 6.07) is 3.35. The zero-order valence-corrected chi connectivity index (χ0v) is 9.83. The summed E-state index contributed by atoms with van der Waals surface area (Å²) in [4.78, 5) is 15.4. The average molecular weight is 235 g/mol. The summed E-state index contributed by atoms with van der Waals surface area (Å²) in [7, 11) is 0. The van der Waals surface area contributed by atoms with Gasteiger partial charge < -0.3 is 5.32 Å². The van der Waals surface area contributed by atoms with Gasteiger partial charge in [-0.25, -0.2) is 4.39 Å². The van der Waals surface area contributed by atoms with Crippen molar-refractivity contribution in [2.45, 2.75) is 32.2 Å². The highest BCUT2D eigenvalue weighted by Gasteiger charge is 2.28. The van der Waals surface area contributed by atoms with Gasteiger partial charge in [0.15, 0.2) is 5.82 Å². The van der Waals surface area contributed by atoms with Gasteiger partial charge in [0.05, 0.1) is 17.8 Å². The second-order valence-corrected chi connectivity index (χ2v) is 3.71. The first-order valence-electron chi connectivity index (χ1n) is 5.42. The van der Waals surface area contributed by atoms with Gasteiger partial charge in [0.2, 0.25) is 0 Å². The minimum atomic E-state index is -0.938. The van der Waals surface area contributed by atoms with Gasteiger partial charge in [-0.15, -0.1) is 0 Å². The van der Waals surface area contributed by atoms with Gasteiger partial charge in [-0.2, -0.15) is 5.26 Å². The number of hydrogen-bond donors (Lipinski definition) is 1. The number of carbonyl (C=O) groups excluding carboxylic acids is 1. The first-order chi connectivity index (χ1) is 8.08. The molecule has 0 spiro atoms. The summed E-state index contributed by atoms with van der Waals surface area (Å²) >= 11 is 0. The van der Waals surface area contributed by atoms with Crippen LogP contribution >= 0.6 is 0 Å². The van der Waals surface area contributed by atoms with Crippen LogP contribution in [0.1, 0.15) is 37.0 Å². The molecule has 1 N–H and O–H groups in total. The highest BCUT2D eigenvalue weighted by Crippen LogP contribution is 2.15. The van der Waals surface area contributed by atoms with E-state index in [2.05, 4.69) is 16.4 Å². The summed E-state index contributed by atoms with van der Waals surface area (Å²) in [6.07, 6.45) is 3.25. The van der Waals surface area contributed by atoms with Crippen molar-refractivity contribution < 1.29 is 9.18 Å². The van der Waals surface area contributed by atoms with Gasteiger partial charge in [0.1, 0.15) is 5.54 Å². The Kier molecular flexibility index (Phi) is 4.16. The number of nitrogens with zero attached hydrogens (tertiary/aromatic N) is 2. The fourth-order valence-corrected chi connectivity index (χ4v) is 1.46. The Labute approximate surface area is 99.5 Å². The molecular weight excluding hydrogens is 221 g/mol. The van der Waals surface area contributed by atoms with Gasteiger partial charge in [-0.1, -0.05) is 13.8 Å². The predicted octanol–water partition coefficient (Wildman–Crippen LogP) is 2.03. The first-order valence-corrected chi connectivity index (χ1v) is 5.42. The molecule has 0 aliphatic carbocycles. The number of nitrogens with one attached hydrogen (secondary N) is 1. The molecule has 4 nitrogen and oxygen atoms in total. The third kappa shape index (κ3) is 2.78. The lowest BCUT2D eigenvalue weighted by Crippen LogP contribution is -2.46. The summed E-state index contributed by atoms with van der Waals surface area (Å²) < 4.78 is 13.3. The van der Waals surface area contributed by atoms with Gasteiger partial charge in [0, 0.05) is 6.20 Å². The Bertz CT molecular complexity index is 449. The molecule has 0 saturated carbocycles. The zero-order valence-electron chi connectivity index (χ0n) is 9.83. The number of rotatable bonds is 4. The van der Waals surface area contributed by atoms with Crippen LogP contribution in [0.5, 0.6) is 0 Å². The van der Waals surface area contributed by atoms with E-state index >= 15 is 0 Å². The molecule has 0 aliphatic heterocycles. The summed E-state index contributed by atoms with van der Waals surface area (Å²) in [5.74, 6) is -1.28. The van der Waals surface area contributed by atoms with E-state index < -0.39 is 17.3 Å². The Morgan fingerprint density at radius 3 is 2.71 bits per heavy atom. The lowest BCUT2D eigenvalue weighted by atomic mass is 9.94. The molecule has 1 aromatic rings. The molecule has 0 aromatic carbocycles. The van der Waals surface area contributed by atoms with Crippen LogP contribution in [-0.2, 0) is 0 Å². The maximum atomic E-state index is 13.3. The Morgan fingerprint density at radius 1 is 1.59 bits per heavy atom. The van der Waals surface area contributed by atoms with Crippen molar-refractivity contribution in [1.82, 2.24) is 10.3 Å². The van der Waals surface area contributed by atoms with Crippen molar-refractivity contribution in [2.24, 2.45) is 0 Å². The molecule has 1 heterocycles. The van der Waals surface area contributed by atoms with Gasteiger partial charge in [-0.05, 0) is 18.9 Å². The minimum Gasteiger partial charge on any atom is -0.334 e. The lowest BCUT2D eigenvalue weighted by Gasteiger charge is -2.24. The quantitative estimate of drug-likeness (QED) is 0.868. The number of nitriles is 1. The van der Waals surface area contributed by atoms with Crippen LogP contribution < -0.4 is 5.32 Å². The van der Waals surface area contributed by atoms with E-state index in [0.29, 0.717) is 12.8 Å². The van der Waals surface area contributed by atoms with Crippen molar-refractivity contribution in [3.05, 3.63) is 29.8 Å². The largest absolute Gasteiger partial charge is 0.334 e. The van der Waals surface area contributed by atoms with Crippen molar-refractivity contribution in [3.8, 4) is 6.07 Å². The van der Waals surface area contributed by atoms with Crippen LogP contribution in [0.2, 0.25) is 0 Å². The molecule has 0 saturated heterocycles. The van der Waals surface area contributed by atoms with E-state index in [1.54, 1.807) is 13.8 Å². The number of pyridine rings is 1. The maximum absolute atomic E-state index is 13.3. The monoisotopic (exact) mass is 235 g/mol. The molecule has 1 aromatic heterocycles. The molecule has 0 unspecified atom stereocenters. The van der Waals surface area contributed by atoms with E-state index in [4.69, 9.17) is 5.26 Å². The lowest BCUT2D eigenvalue weighted by molar-refractivity contribution is 0.0911. The SMILES string of the molecule is CCC(C#N)(CC)NC(=O)c1ccncc1F. The van der Waals surface area contributed by atoms with Crippen molar-refractivity contribution >= 4 is 5.91 Å². The highest BCUT2D eigenvalue weighted by atomic mass is 19.1. The summed E-state index contributed by atoms with van der Waals surface area (Å²) in [6.45, 7) is 3.60. The topological polar surface area (TPSA) is 65.8 Å². The molecular formula is C12H14FN3O. The minimum absolute atomic E-state index is 0.0958. The Hall–Kier alpha value is -1.96. The van der Waals surface area contributed by atoms with Gasteiger partial charge >= 0.3 is 0 Å². The molecule has 0 aliphatic rings. The van der Waals surface area contributed by atoms with E-state index in [0.717, 1.165) is 6.20 Å². The fourth-order valence-electron chi connectivity index (χ4n) is 1.46. The standard InChI is InChI=1S/C12H14FN3O/c1-3-12(4-2,8-14)16-11(17)9-5-6-15-7-10(9)13/h5-7H,3-4H2,1-2H3,(H,16,17). The third-order valence-corrected chi connectivity index (χ3v) is 2.79. The molecule has 1 amide bonds. The average Bonchev–Trinajstić information content (AvgIpc) is 2.36. The zero-order chi connectivity index (χ0) is 12.9. The molecule has 0 radical (unpaired) electrons. The molecule has 0 bridgehead atoms. The van der Waals surface area contributed by atoms with Gasteiger partial charge in [-0.3, -0.25) is 9.78 Å². The van der Waals surface area contributed by atoms with Gasteiger partial charge in [0.25, 0.3) is 5.91 Å². The van der Waals surface area contributed by atoms with E-state index in [9.17, 15) is 9.18 Å². The van der Waals surface area contributed by atoms with Crippen LogP contribution in [-0.4, -0.2) is 16.4 Å². The fraction of sp³-hybridized carbons (Fsp3) is 0.417. The predicted molar refractivity (Wildman–Crippen MR) is 60.6 cm³/mol. The Balaban J connectivity index is 2.94. The molecule has 0 atom stereocenters. The van der Waals surface area contributed by atoms with Crippen LogP contribution in [0.15, 0.2) is 18.5 Å². The smallest absolute Gasteiger partial charge is 0.255 e. The molecule has 1 rings (SSSR count). The van der Waals surface area contributed by atoms with E-state index in [-0.39, 0.29) is 5.56 Å². The number of aromatic nitrogens is 1. The number of hydrogen-bond acceptors (Lipinski definition) is 3. The summed E-state index contributed by atoms with van der Waals surface area (Å²) in [5, 5.41) is 11.6. The molecule has 17 heavy (non-hydrogen) atoms. The highest BCUT2D eigenvalue weighted by molar-refractivity contribution is 5.95. The van der Waals surface area contributed by atoms with Crippen LogP contribution in [0.25, 0.3) is 0 Å². The van der Waals surface area contributed by atoms with Crippen molar-refractivity contribution in [2.75, 3.05) is 0 Å². The Morgan fingerprint density at radius 2 is 2.24 bits per heavy atom. The number of amides is 1. The normalized spacial score (nSPS) is 10.7. The number of halogens is 1. The second kappa shape index (κ2) is 5.39. The number of carbonyl (C=O) groups is 1. The molecule has 90 valence electrons. The van der Waals surface area contributed by atoms with E-state index in [1.807, 2.05) is 0 Å². The van der Waals surface area contributed by atoms with E-state index in [1.165, 1.54) is 12.3 Å². The molecule has 0 fully saturated rings. The molecule has 5 heteroatoms. The maximum Gasteiger partial charge on any atom is 0.255 e. The third-order valence-electron chi connectivity index (χ3n) is 2.79. The van der Waals surface area contributed by atoms with Crippen LogP contribution in [0.3, 0.4) is 0 Å². The first kappa shape index (κ1) is 13.1. The second-order valence-electron chi connectivity index (χ2n) is 3.71. The summed E-state index contributed by atoms with van der Waals surface area (Å²) in [5.41, 5.74) is -1.03. The van der Waals surface area contributed by atoms with Crippen LogP contribution in [0, 0.1) is 17.1 Å². The van der Waals surface area contributed by atoms with Crippen LogP contribution in [0.4, 0.5) is 4.39 Å².